The summed E-state index contributed by atoms with van der Waals surface area (Å²) in [5, 5.41) is 10.1. The van der Waals surface area contributed by atoms with Crippen molar-refractivity contribution in [3.8, 4) is 0 Å². The number of benzene rings is 1. The first-order valence-electron chi connectivity index (χ1n) is 16.6. The molecule has 4 rings (SSSR count). The van der Waals surface area contributed by atoms with Crippen molar-refractivity contribution >= 4 is 27.7 Å². The van der Waals surface area contributed by atoms with Crippen LogP contribution in [0.15, 0.2) is 71.9 Å². The minimum atomic E-state index is -4.40. The summed E-state index contributed by atoms with van der Waals surface area (Å²) in [6.45, 7) is 12.3. The molecule has 1 saturated carbocycles. The molecule has 3 N–H and O–H groups in total. The highest BCUT2D eigenvalue weighted by Crippen LogP contribution is 2.47. The molecular weight excluding hydrogens is 628 g/mol. The number of hydrogen-bond donors (Lipinski definition) is 2. The minimum Gasteiger partial charge on any atom is -0.480 e. The van der Waals surface area contributed by atoms with E-state index >= 15 is 0 Å². The maximum Gasteiger partial charge on any atom is 0.416 e. The first-order chi connectivity index (χ1) is 22.3. The van der Waals surface area contributed by atoms with Gasteiger partial charge in [0.05, 0.1) is 5.69 Å². The van der Waals surface area contributed by atoms with Gasteiger partial charge in [-0.15, -0.1) is 0 Å². The van der Waals surface area contributed by atoms with Crippen LogP contribution in [0.1, 0.15) is 104 Å². The average molecular weight is 679 g/mol. The number of amides is 1. The Morgan fingerprint density at radius 3 is 2.17 bits per heavy atom. The molecule has 1 fully saturated rings. The number of carbonyl (C=O) groups excluding carboxylic acids is 1. The Hall–Kier alpha value is -3.83. The number of carboxylic acid groups (broad SMARTS) is 1. The van der Waals surface area contributed by atoms with E-state index < -0.39 is 43.8 Å². The van der Waals surface area contributed by atoms with E-state index in [1.165, 1.54) is 42.4 Å². The van der Waals surface area contributed by atoms with Gasteiger partial charge in [-0.25, -0.2) is 32.9 Å². The molecule has 0 bridgehead atoms. The van der Waals surface area contributed by atoms with Crippen LogP contribution >= 0.6 is 0 Å². The fourth-order valence-electron chi connectivity index (χ4n) is 6.40. The van der Waals surface area contributed by atoms with E-state index in [4.69, 9.17) is 10.5 Å². The normalized spacial score (nSPS) is 16.7. The molecule has 0 radical (unpaired) electrons. The van der Waals surface area contributed by atoms with Crippen molar-refractivity contribution in [2.24, 2.45) is 11.1 Å². The molecule has 10 nitrogen and oxygen atoms in total. The summed E-state index contributed by atoms with van der Waals surface area (Å²) >= 11 is 0. The Balaban J connectivity index is 1.86. The Bertz CT molecular complexity index is 1690. The van der Waals surface area contributed by atoms with Crippen LogP contribution in [0.2, 0.25) is 0 Å². The molecule has 1 amide bonds. The summed E-state index contributed by atoms with van der Waals surface area (Å²) in [6.07, 6.45) is 7.15. The van der Waals surface area contributed by atoms with Crippen LogP contribution in [0.5, 0.6) is 0 Å². The van der Waals surface area contributed by atoms with Crippen LogP contribution in [-0.4, -0.2) is 47.2 Å². The Kier molecular flexibility index (Phi) is 10.8. The Labute approximate surface area is 285 Å². The average Bonchev–Trinajstić information content (AvgIpc) is 2.98. The van der Waals surface area contributed by atoms with Gasteiger partial charge < -0.3 is 15.6 Å². The third kappa shape index (κ3) is 7.73. The number of hydrogen-bond acceptors (Lipinski definition) is 8. The molecule has 48 heavy (non-hydrogen) atoms. The molecule has 0 aliphatic heterocycles. The number of aromatic nitrogens is 2. The second-order valence-electron chi connectivity index (χ2n) is 15.0. The van der Waals surface area contributed by atoms with Crippen LogP contribution < -0.4 is 10.6 Å². The predicted molar refractivity (Wildman–Crippen MR) is 186 cm³/mol. The van der Waals surface area contributed by atoms with Crippen molar-refractivity contribution in [1.82, 2.24) is 9.97 Å². The summed E-state index contributed by atoms with van der Waals surface area (Å²) in [5.41, 5.74) is 7.12. The topological polar surface area (TPSA) is 153 Å². The lowest BCUT2D eigenvalue weighted by Gasteiger charge is -2.43. The van der Waals surface area contributed by atoms with Crippen LogP contribution in [0.25, 0.3) is 0 Å². The number of sulfone groups is 1. The fourth-order valence-corrected chi connectivity index (χ4v) is 7.98. The lowest BCUT2D eigenvalue weighted by atomic mass is 9.62. The molecule has 2 atom stereocenters. The largest absolute Gasteiger partial charge is 0.480 e. The zero-order chi connectivity index (χ0) is 35.5. The van der Waals surface area contributed by atoms with Crippen molar-refractivity contribution in [2.45, 2.75) is 120 Å². The standard InChI is InChI=1S/C37H50N4O6S/c1-8-9-21-36(22-13-23-36)27-19-17-26(18-20-27)25-37(38,48(45,46)30-16-10-11-24-39-30)28-14-12-15-29(40-28)41(33(44)47-35(5,6)7)31(32(42)43)34(2,3)4/h10-12,14-20,24,31H,8-9,13,21-23,25,38H2,1-7H3,(H,42,43). The van der Waals surface area contributed by atoms with Gasteiger partial charge in [-0.2, -0.15) is 0 Å². The van der Waals surface area contributed by atoms with E-state index in [1.807, 2.05) is 12.1 Å². The van der Waals surface area contributed by atoms with Gasteiger partial charge >= 0.3 is 12.1 Å². The van der Waals surface area contributed by atoms with Gasteiger partial charge in [0, 0.05) is 12.6 Å². The van der Waals surface area contributed by atoms with E-state index in [2.05, 4.69) is 29.0 Å². The molecule has 1 aromatic carbocycles. The number of pyridine rings is 2. The van der Waals surface area contributed by atoms with E-state index in [1.54, 1.807) is 53.7 Å². The number of unbranched alkanes of at least 4 members (excludes halogenated alkanes) is 1. The number of carboxylic acids is 1. The predicted octanol–water partition coefficient (Wildman–Crippen LogP) is 7.16. The molecular formula is C37H50N4O6S. The molecule has 11 heteroatoms. The van der Waals surface area contributed by atoms with Crippen LogP contribution in [-0.2, 0) is 36.1 Å². The second kappa shape index (κ2) is 14.0. The van der Waals surface area contributed by atoms with Gasteiger partial charge in [0.25, 0.3) is 0 Å². The second-order valence-corrected chi connectivity index (χ2v) is 17.2. The summed E-state index contributed by atoms with van der Waals surface area (Å²) < 4.78 is 34.5. The smallest absolute Gasteiger partial charge is 0.416 e. The summed E-state index contributed by atoms with van der Waals surface area (Å²) in [4.78, 5) is 33.9. The van der Waals surface area contributed by atoms with Crippen molar-refractivity contribution in [3.63, 3.8) is 0 Å². The number of ether oxygens (including phenoxy) is 1. The van der Waals surface area contributed by atoms with E-state index in [9.17, 15) is 23.1 Å². The zero-order valence-electron chi connectivity index (χ0n) is 29.2. The lowest BCUT2D eigenvalue weighted by molar-refractivity contribution is -0.141. The molecule has 1 aliphatic rings. The Morgan fingerprint density at radius 1 is 1.00 bits per heavy atom. The van der Waals surface area contributed by atoms with Crippen molar-refractivity contribution in [2.75, 3.05) is 4.90 Å². The quantitative estimate of drug-likeness (QED) is 0.203. The molecule has 1 aliphatic carbocycles. The maximum atomic E-state index is 14.4. The number of anilines is 1. The van der Waals surface area contributed by atoms with Gasteiger partial charge in [0.15, 0.2) is 9.90 Å². The summed E-state index contributed by atoms with van der Waals surface area (Å²) in [5.74, 6) is -1.38. The molecule has 0 saturated heterocycles. The van der Waals surface area contributed by atoms with Gasteiger partial charge in [-0.05, 0) is 86.3 Å². The van der Waals surface area contributed by atoms with Crippen molar-refractivity contribution < 1.29 is 27.9 Å². The zero-order valence-corrected chi connectivity index (χ0v) is 30.0. The first-order valence-corrected chi connectivity index (χ1v) is 18.1. The molecule has 2 unspecified atom stereocenters. The van der Waals surface area contributed by atoms with Crippen molar-refractivity contribution in [3.05, 3.63) is 83.7 Å². The number of nitrogens with two attached hydrogens (primary N) is 1. The third-order valence-corrected chi connectivity index (χ3v) is 11.2. The number of carbonyl (C=O) groups is 2. The monoisotopic (exact) mass is 678 g/mol. The number of nitrogens with zero attached hydrogens (tertiary/aromatic N) is 3. The van der Waals surface area contributed by atoms with Gasteiger partial charge in [-0.3, -0.25) is 0 Å². The van der Waals surface area contributed by atoms with E-state index in [-0.39, 0.29) is 28.4 Å². The molecule has 3 aromatic rings. The van der Waals surface area contributed by atoms with Crippen LogP contribution in [0.4, 0.5) is 10.6 Å². The molecule has 2 aromatic heterocycles. The van der Waals surface area contributed by atoms with Crippen molar-refractivity contribution in [1.29, 1.82) is 0 Å². The van der Waals surface area contributed by atoms with Crippen LogP contribution in [0, 0.1) is 5.41 Å². The lowest BCUT2D eigenvalue weighted by Crippen LogP contribution is -2.54. The van der Waals surface area contributed by atoms with Gasteiger partial charge in [0.1, 0.15) is 17.5 Å². The van der Waals surface area contributed by atoms with E-state index in [0.717, 1.165) is 37.0 Å². The summed E-state index contributed by atoms with van der Waals surface area (Å²) in [7, 11) is -4.40. The summed E-state index contributed by atoms with van der Waals surface area (Å²) in [6, 6.07) is 15.6. The SMILES string of the molecule is CCCCC1(c2ccc(CC(N)(c3cccc(N(C(=O)OC(C)(C)C)C(C(=O)O)C(C)(C)C)n3)S(=O)(=O)c3ccccn3)cc2)CCC1. The highest BCUT2D eigenvalue weighted by atomic mass is 32.2. The minimum absolute atomic E-state index is 0.0697. The number of rotatable bonds is 12. The Morgan fingerprint density at radius 2 is 1.67 bits per heavy atom. The van der Waals surface area contributed by atoms with Crippen LogP contribution in [0.3, 0.4) is 0 Å². The third-order valence-electron chi connectivity index (χ3n) is 9.06. The maximum absolute atomic E-state index is 14.4. The first kappa shape index (κ1) is 37.0. The van der Waals surface area contributed by atoms with Gasteiger partial charge in [0.2, 0.25) is 9.84 Å². The number of aliphatic carboxylic acids is 1. The molecule has 2 heterocycles. The fraction of sp³-hybridized carbons (Fsp3) is 0.514. The highest BCUT2D eigenvalue weighted by Gasteiger charge is 2.47. The highest BCUT2D eigenvalue weighted by molar-refractivity contribution is 7.92. The van der Waals surface area contributed by atoms with Gasteiger partial charge in [-0.1, -0.05) is 83.4 Å². The van der Waals surface area contributed by atoms with E-state index in [0.29, 0.717) is 5.56 Å². The molecule has 0 spiro atoms. The molecule has 260 valence electrons.